The molecule has 7 nitrogen and oxygen atoms in total. The largest absolute Gasteiger partial charge is 0.362 e. The molecule has 0 bridgehead atoms. The lowest BCUT2D eigenvalue weighted by Crippen LogP contribution is -2.32. The van der Waals surface area contributed by atoms with Crippen LogP contribution in [0.5, 0.6) is 0 Å². The van der Waals surface area contributed by atoms with Crippen LogP contribution in [0.3, 0.4) is 0 Å². The van der Waals surface area contributed by atoms with Gasteiger partial charge in [-0.15, -0.1) is 11.3 Å². The summed E-state index contributed by atoms with van der Waals surface area (Å²) >= 11 is 7.42. The molecule has 2 aromatic heterocycles. The number of hydrogen-bond donors (Lipinski definition) is 2. The Bertz CT molecular complexity index is 1530. The Kier molecular flexibility index (Phi) is 7.58. The summed E-state index contributed by atoms with van der Waals surface area (Å²) < 4.78 is 30.4. The number of nitrogens with one attached hydrogen (secondary N) is 2. The first-order valence-corrected chi connectivity index (χ1v) is 15.3. The zero-order valence-electron chi connectivity index (χ0n) is 21.3. The Balaban J connectivity index is 1.15. The molecule has 37 heavy (non-hydrogen) atoms. The van der Waals surface area contributed by atoms with Gasteiger partial charge in [0, 0.05) is 42.3 Å². The summed E-state index contributed by atoms with van der Waals surface area (Å²) in [6.45, 7) is 3.13. The maximum Gasteiger partial charge on any atom is 0.250 e. The second-order valence-corrected chi connectivity index (χ2v) is 13.5. The second-order valence-electron chi connectivity index (χ2n) is 10.1. The van der Waals surface area contributed by atoms with Crippen LogP contribution < -0.4 is 14.9 Å². The van der Waals surface area contributed by atoms with E-state index < -0.39 is 10.0 Å². The van der Waals surface area contributed by atoms with Crippen molar-refractivity contribution < 1.29 is 8.42 Å². The maximum atomic E-state index is 13.1. The molecule has 2 heterocycles. The van der Waals surface area contributed by atoms with Crippen molar-refractivity contribution in [3.8, 4) is 0 Å². The lowest BCUT2D eigenvalue weighted by molar-refractivity contribution is 0.284. The minimum absolute atomic E-state index is 0.340. The molecule has 10 heteroatoms. The Morgan fingerprint density at radius 3 is 2.43 bits per heavy atom. The van der Waals surface area contributed by atoms with Crippen LogP contribution in [-0.2, 0) is 10.0 Å². The number of aryl methyl sites for hydroxylation is 1. The Morgan fingerprint density at radius 2 is 1.70 bits per heavy atom. The minimum Gasteiger partial charge on any atom is -0.362 e. The predicted molar refractivity (Wildman–Crippen MR) is 155 cm³/mol. The van der Waals surface area contributed by atoms with Crippen molar-refractivity contribution in [1.29, 1.82) is 0 Å². The van der Waals surface area contributed by atoms with Gasteiger partial charge in [-0.1, -0.05) is 23.7 Å². The highest BCUT2D eigenvalue weighted by molar-refractivity contribution is 7.91. The average Bonchev–Trinajstić information content (AvgIpc) is 3.22. The highest BCUT2D eigenvalue weighted by atomic mass is 35.5. The number of thiophene rings is 1. The molecule has 5 rings (SSSR count). The number of hydrogen-bond acceptors (Lipinski definition) is 7. The number of para-hydroxylation sites is 1. The standard InChI is InChI=1S/C27H32ClN5O2S2/c1-17-22-14-20(28)12-13-24(22)36-26(17)37(34,35)30-16-19-10-8-18(9-11-19)15-29-27-31-23-7-5-4-6-21(23)25(32-27)33(2)3/h4-7,12-14,18-19,30H,8-11,15-16H2,1-3H3,(H,29,31,32)/t18-,19-. The first kappa shape index (κ1) is 26.2. The smallest absolute Gasteiger partial charge is 0.250 e. The van der Waals surface area contributed by atoms with Crippen molar-refractivity contribution in [2.75, 3.05) is 37.4 Å². The lowest BCUT2D eigenvalue weighted by Gasteiger charge is -2.28. The Morgan fingerprint density at radius 1 is 1.00 bits per heavy atom. The first-order valence-electron chi connectivity index (χ1n) is 12.6. The van der Waals surface area contributed by atoms with Gasteiger partial charge in [0.1, 0.15) is 10.0 Å². The van der Waals surface area contributed by atoms with Crippen LogP contribution in [0, 0.1) is 18.8 Å². The molecule has 4 aromatic rings. The van der Waals surface area contributed by atoms with E-state index in [9.17, 15) is 8.42 Å². The zero-order chi connectivity index (χ0) is 26.2. The highest BCUT2D eigenvalue weighted by Gasteiger charge is 2.26. The van der Waals surface area contributed by atoms with Gasteiger partial charge < -0.3 is 10.2 Å². The zero-order valence-corrected chi connectivity index (χ0v) is 23.7. The summed E-state index contributed by atoms with van der Waals surface area (Å²) in [7, 11) is 0.422. The fourth-order valence-corrected chi connectivity index (χ4v) is 8.15. The summed E-state index contributed by atoms with van der Waals surface area (Å²) in [6, 6.07) is 13.6. The summed E-state index contributed by atoms with van der Waals surface area (Å²) in [5, 5.41) is 6.00. The highest BCUT2D eigenvalue weighted by Crippen LogP contribution is 2.36. The average molecular weight is 558 g/mol. The van der Waals surface area contributed by atoms with Gasteiger partial charge in [0.05, 0.1) is 5.52 Å². The number of sulfonamides is 1. The number of anilines is 2. The molecule has 0 radical (unpaired) electrons. The molecule has 2 N–H and O–H groups in total. The molecule has 1 aliphatic rings. The fourth-order valence-electron chi connectivity index (χ4n) is 5.08. The monoisotopic (exact) mass is 557 g/mol. The number of aromatic nitrogens is 2. The van der Waals surface area contributed by atoms with Crippen LogP contribution >= 0.6 is 22.9 Å². The van der Waals surface area contributed by atoms with Crippen LogP contribution in [0.15, 0.2) is 46.7 Å². The van der Waals surface area contributed by atoms with Crippen LogP contribution in [0.1, 0.15) is 31.2 Å². The van der Waals surface area contributed by atoms with E-state index in [1.54, 1.807) is 6.07 Å². The van der Waals surface area contributed by atoms with Crippen molar-refractivity contribution in [3.63, 3.8) is 0 Å². The van der Waals surface area contributed by atoms with Crippen LogP contribution in [0.2, 0.25) is 5.02 Å². The molecule has 1 fully saturated rings. The van der Waals surface area contributed by atoms with Crippen molar-refractivity contribution in [2.45, 2.75) is 36.8 Å². The maximum absolute atomic E-state index is 13.1. The molecule has 0 amide bonds. The molecule has 2 aromatic carbocycles. The molecular formula is C27H32ClN5O2S2. The van der Waals surface area contributed by atoms with Crippen LogP contribution in [-0.4, -0.2) is 45.6 Å². The van der Waals surface area contributed by atoms with E-state index in [2.05, 4.69) is 10.0 Å². The minimum atomic E-state index is -3.56. The SMILES string of the molecule is Cc1c(S(=O)(=O)NC[C@H]2CC[C@H](CNc3nc(N(C)C)c4ccccc4n3)CC2)sc2ccc(Cl)cc12. The van der Waals surface area contributed by atoms with Crippen LogP contribution in [0.25, 0.3) is 21.0 Å². The summed E-state index contributed by atoms with van der Waals surface area (Å²) in [6.07, 6.45) is 4.09. The van der Waals surface area contributed by atoms with E-state index in [1.807, 2.05) is 62.3 Å². The van der Waals surface area contributed by atoms with Gasteiger partial charge >= 0.3 is 0 Å². The molecule has 1 aliphatic carbocycles. The van der Waals surface area contributed by atoms with Crippen molar-refractivity contribution in [3.05, 3.63) is 53.1 Å². The molecule has 0 saturated heterocycles. The van der Waals surface area contributed by atoms with Gasteiger partial charge in [0.25, 0.3) is 0 Å². The number of halogens is 1. The number of fused-ring (bicyclic) bond motifs is 2. The Hall–Kier alpha value is -2.46. The van der Waals surface area contributed by atoms with Gasteiger partial charge in [-0.3, -0.25) is 0 Å². The van der Waals surface area contributed by atoms with Crippen molar-refractivity contribution in [2.24, 2.45) is 11.8 Å². The third-order valence-electron chi connectivity index (χ3n) is 7.18. The summed E-state index contributed by atoms with van der Waals surface area (Å²) in [5.74, 6) is 2.41. The third-order valence-corrected chi connectivity index (χ3v) is 10.7. The second kappa shape index (κ2) is 10.7. The van der Waals surface area contributed by atoms with Gasteiger partial charge in [-0.05, 0) is 85.7 Å². The van der Waals surface area contributed by atoms with Crippen LogP contribution in [0.4, 0.5) is 11.8 Å². The number of nitrogens with zero attached hydrogens (tertiary/aromatic N) is 3. The molecule has 0 aliphatic heterocycles. The van der Waals surface area contributed by atoms with Gasteiger partial charge in [-0.2, -0.15) is 4.98 Å². The molecule has 196 valence electrons. The summed E-state index contributed by atoms with van der Waals surface area (Å²) in [4.78, 5) is 11.4. The number of rotatable bonds is 8. The quantitative estimate of drug-likeness (QED) is 0.273. The topological polar surface area (TPSA) is 87.2 Å². The molecular weight excluding hydrogens is 526 g/mol. The van der Waals surface area contributed by atoms with E-state index in [0.717, 1.165) is 64.6 Å². The van der Waals surface area contributed by atoms with E-state index >= 15 is 0 Å². The van der Waals surface area contributed by atoms with Gasteiger partial charge in [0.15, 0.2) is 0 Å². The van der Waals surface area contributed by atoms with Crippen molar-refractivity contribution >= 4 is 65.7 Å². The molecule has 1 saturated carbocycles. The Labute approximate surface area is 227 Å². The fraction of sp³-hybridized carbons (Fsp3) is 0.407. The molecule has 0 atom stereocenters. The van der Waals surface area contributed by atoms with E-state index in [1.165, 1.54) is 11.3 Å². The van der Waals surface area contributed by atoms with Gasteiger partial charge in [0.2, 0.25) is 16.0 Å². The normalized spacial score (nSPS) is 18.4. The van der Waals surface area contributed by atoms with E-state index in [4.69, 9.17) is 21.6 Å². The molecule has 0 unspecified atom stereocenters. The number of benzene rings is 2. The molecule has 0 spiro atoms. The van der Waals surface area contributed by atoms with E-state index in [-0.39, 0.29) is 0 Å². The van der Waals surface area contributed by atoms with Gasteiger partial charge in [-0.25, -0.2) is 18.1 Å². The van der Waals surface area contributed by atoms with E-state index in [0.29, 0.717) is 33.6 Å². The lowest BCUT2D eigenvalue weighted by atomic mass is 9.82. The first-order chi connectivity index (χ1) is 17.7. The predicted octanol–water partition coefficient (Wildman–Crippen LogP) is 6.07. The third kappa shape index (κ3) is 5.70. The van der Waals surface area contributed by atoms with Crippen molar-refractivity contribution in [1.82, 2.24) is 14.7 Å². The summed E-state index contributed by atoms with van der Waals surface area (Å²) in [5.41, 5.74) is 1.69.